The van der Waals surface area contributed by atoms with Crippen molar-refractivity contribution >= 4 is 61.3 Å². The molecular weight excluding hydrogens is 578 g/mol. The van der Waals surface area contributed by atoms with Crippen LogP contribution in [0, 0.1) is 7.14 Å². The van der Waals surface area contributed by atoms with Gasteiger partial charge < -0.3 is 9.84 Å². The van der Waals surface area contributed by atoms with Crippen molar-refractivity contribution in [3.63, 3.8) is 0 Å². The molecule has 23 heavy (non-hydrogen) atoms. The highest BCUT2D eigenvalue weighted by Crippen LogP contribution is 2.33. The summed E-state index contributed by atoms with van der Waals surface area (Å²) in [5, 5.41) is 4.22. The summed E-state index contributed by atoms with van der Waals surface area (Å²) < 4.78 is 85.6. The molecule has 1 rings (SSSR count). The Labute approximate surface area is 154 Å². The third-order valence-corrected chi connectivity index (χ3v) is 4.75. The van der Waals surface area contributed by atoms with Gasteiger partial charge in [-0.1, -0.05) is 0 Å². The van der Waals surface area contributed by atoms with Gasteiger partial charge in [0, 0.05) is 3.57 Å². The maximum absolute atomic E-state index is 13.3. The summed E-state index contributed by atoms with van der Waals surface area (Å²) in [7, 11) is -6.26. The molecule has 0 saturated heterocycles. The van der Waals surface area contributed by atoms with Gasteiger partial charge in [-0.05, 0) is 57.3 Å². The third-order valence-electron chi connectivity index (χ3n) is 2.39. The van der Waals surface area contributed by atoms with Crippen molar-refractivity contribution in [3.8, 4) is 5.75 Å². The lowest BCUT2D eigenvalue weighted by atomic mass is 10.2. The van der Waals surface area contributed by atoms with E-state index in [0.717, 1.165) is 6.07 Å². The fourth-order valence-corrected chi connectivity index (χ4v) is 3.60. The quantitative estimate of drug-likeness (QED) is 0.239. The SMILES string of the molecule is O=C(OC(C(F)F)C(F)(F)S(=O)(=O)O)c1cc(I)cc(I)c1O. The van der Waals surface area contributed by atoms with E-state index in [0.29, 0.717) is 3.57 Å². The summed E-state index contributed by atoms with van der Waals surface area (Å²) in [6, 6.07) is 2.36. The second kappa shape index (κ2) is 7.22. The Morgan fingerprint density at radius 3 is 2.22 bits per heavy atom. The highest BCUT2D eigenvalue weighted by molar-refractivity contribution is 14.1. The van der Waals surface area contributed by atoms with Crippen molar-refractivity contribution in [1.82, 2.24) is 0 Å². The highest BCUT2D eigenvalue weighted by atomic mass is 127. The Morgan fingerprint density at radius 2 is 1.78 bits per heavy atom. The molecule has 0 spiro atoms. The van der Waals surface area contributed by atoms with E-state index in [-0.39, 0.29) is 3.57 Å². The van der Waals surface area contributed by atoms with Gasteiger partial charge in [-0.15, -0.1) is 0 Å². The first-order valence-electron chi connectivity index (χ1n) is 5.31. The Kier molecular flexibility index (Phi) is 6.47. The number of carbonyl (C=O) groups is 1. The molecule has 13 heteroatoms. The van der Waals surface area contributed by atoms with Gasteiger partial charge in [-0.25, -0.2) is 13.6 Å². The zero-order valence-electron chi connectivity index (χ0n) is 10.5. The van der Waals surface area contributed by atoms with E-state index in [1.165, 1.54) is 6.07 Å². The molecule has 0 amide bonds. The number of ether oxygens (including phenoxy) is 1. The zero-order valence-corrected chi connectivity index (χ0v) is 15.6. The summed E-state index contributed by atoms with van der Waals surface area (Å²) in [6.07, 6.45) is -7.86. The van der Waals surface area contributed by atoms with Gasteiger partial charge in [0.1, 0.15) is 11.3 Å². The van der Waals surface area contributed by atoms with E-state index in [2.05, 4.69) is 4.74 Å². The van der Waals surface area contributed by atoms with E-state index < -0.39 is 45.2 Å². The second-order valence-corrected chi connectivity index (χ2v) is 7.88. The predicted molar refractivity (Wildman–Crippen MR) is 85.2 cm³/mol. The maximum atomic E-state index is 13.3. The number of phenols is 1. The molecule has 1 aromatic carbocycles. The Balaban J connectivity index is 3.25. The molecule has 1 atom stereocenters. The van der Waals surface area contributed by atoms with E-state index in [1.54, 1.807) is 45.2 Å². The van der Waals surface area contributed by atoms with Gasteiger partial charge in [0.05, 0.1) is 3.57 Å². The number of rotatable bonds is 5. The molecule has 0 aromatic heterocycles. The number of benzene rings is 1. The van der Waals surface area contributed by atoms with E-state index in [4.69, 9.17) is 4.55 Å². The van der Waals surface area contributed by atoms with Crippen LogP contribution in [0.1, 0.15) is 10.4 Å². The van der Waals surface area contributed by atoms with E-state index in [1.807, 2.05) is 0 Å². The molecule has 0 aliphatic heterocycles. The van der Waals surface area contributed by atoms with Crippen LogP contribution in [0.4, 0.5) is 17.6 Å². The normalized spacial score (nSPS) is 13.9. The average Bonchev–Trinajstić information content (AvgIpc) is 2.37. The van der Waals surface area contributed by atoms with Crippen molar-refractivity contribution < 1.29 is 45.2 Å². The number of carbonyl (C=O) groups excluding carboxylic acids is 1. The van der Waals surface area contributed by atoms with Crippen LogP contribution < -0.4 is 0 Å². The fraction of sp³-hybridized carbons (Fsp3) is 0.300. The van der Waals surface area contributed by atoms with E-state index in [9.17, 15) is 35.9 Å². The third kappa shape index (κ3) is 4.56. The molecule has 6 nitrogen and oxygen atoms in total. The monoisotopic (exact) mass is 584 g/mol. The second-order valence-electron chi connectivity index (χ2n) is 3.98. The summed E-state index contributed by atoms with van der Waals surface area (Å²) in [5.74, 6) is -2.51. The van der Waals surface area contributed by atoms with Gasteiger partial charge in [0.2, 0.25) is 6.10 Å². The van der Waals surface area contributed by atoms with Crippen molar-refractivity contribution in [3.05, 3.63) is 24.8 Å². The summed E-state index contributed by atoms with van der Waals surface area (Å²) in [4.78, 5) is 11.7. The molecule has 0 aliphatic rings. The smallest absolute Gasteiger partial charge is 0.411 e. The van der Waals surface area contributed by atoms with Crippen LogP contribution in [-0.2, 0) is 14.9 Å². The number of hydrogen-bond acceptors (Lipinski definition) is 5. The summed E-state index contributed by atoms with van der Waals surface area (Å²) in [6.45, 7) is 0. The summed E-state index contributed by atoms with van der Waals surface area (Å²) >= 11 is 3.29. The number of esters is 1. The van der Waals surface area contributed by atoms with Gasteiger partial charge >= 0.3 is 21.3 Å². The molecule has 130 valence electrons. The van der Waals surface area contributed by atoms with Crippen LogP contribution in [0.25, 0.3) is 0 Å². The first kappa shape index (κ1) is 20.6. The average molecular weight is 584 g/mol. The highest BCUT2D eigenvalue weighted by Gasteiger charge is 2.58. The van der Waals surface area contributed by atoms with Crippen LogP contribution in [-0.4, -0.2) is 41.8 Å². The van der Waals surface area contributed by atoms with Crippen molar-refractivity contribution in [1.29, 1.82) is 0 Å². The van der Waals surface area contributed by atoms with Gasteiger partial charge in [-0.3, -0.25) is 4.55 Å². The predicted octanol–water partition coefficient (Wildman–Crippen LogP) is 2.87. The fourth-order valence-electron chi connectivity index (χ4n) is 1.31. The van der Waals surface area contributed by atoms with Crippen LogP contribution in [0.5, 0.6) is 5.75 Å². The Morgan fingerprint density at radius 1 is 1.26 bits per heavy atom. The lowest BCUT2D eigenvalue weighted by molar-refractivity contribution is -0.125. The minimum atomic E-state index is -6.26. The Hall–Kier alpha value is -0.420. The molecule has 0 heterocycles. The minimum absolute atomic E-state index is 0.108. The molecule has 0 radical (unpaired) electrons. The molecule has 0 bridgehead atoms. The van der Waals surface area contributed by atoms with Gasteiger partial charge in [0.15, 0.2) is 0 Å². The largest absolute Gasteiger partial charge is 0.506 e. The molecule has 2 N–H and O–H groups in total. The molecule has 0 saturated carbocycles. The Bertz CT molecular complexity index is 724. The van der Waals surface area contributed by atoms with Crippen LogP contribution in [0.2, 0.25) is 0 Å². The molecule has 0 fully saturated rings. The lowest BCUT2D eigenvalue weighted by Gasteiger charge is -2.23. The van der Waals surface area contributed by atoms with E-state index >= 15 is 0 Å². The zero-order chi connectivity index (χ0) is 18.2. The van der Waals surface area contributed by atoms with Crippen LogP contribution in [0.15, 0.2) is 12.1 Å². The molecular formula is C10H6F4I2O6S. The maximum Gasteiger partial charge on any atom is 0.411 e. The number of alkyl halides is 4. The molecule has 0 aliphatic carbocycles. The number of phenolic OH excluding ortho intramolecular Hbond substituents is 1. The summed E-state index contributed by atoms with van der Waals surface area (Å²) in [5.41, 5.74) is -0.710. The van der Waals surface area contributed by atoms with Crippen LogP contribution in [0.3, 0.4) is 0 Å². The van der Waals surface area contributed by atoms with Gasteiger partial charge in [-0.2, -0.15) is 17.2 Å². The minimum Gasteiger partial charge on any atom is -0.506 e. The first-order chi connectivity index (χ1) is 10.3. The number of hydrogen-bond donors (Lipinski definition) is 2. The first-order valence-corrected chi connectivity index (χ1v) is 8.90. The van der Waals surface area contributed by atoms with Crippen molar-refractivity contribution in [2.45, 2.75) is 17.8 Å². The lowest BCUT2D eigenvalue weighted by Crippen LogP contribution is -2.48. The number of aromatic hydroxyl groups is 1. The molecule has 1 unspecified atom stereocenters. The van der Waals surface area contributed by atoms with Crippen LogP contribution >= 0.6 is 45.2 Å². The number of halogens is 6. The standard InChI is InChI=1S/C10H6F4I2O6S/c11-8(12)7(10(13,14)23(19,20)21)22-9(18)4-1-3(15)2-5(16)6(4)17/h1-2,7-8,17H,(H,19,20,21). The topological polar surface area (TPSA) is 101 Å². The van der Waals surface area contributed by atoms with Crippen molar-refractivity contribution in [2.75, 3.05) is 0 Å². The van der Waals surface area contributed by atoms with Crippen molar-refractivity contribution in [2.24, 2.45) is 0 Å². The van der Waals surface area contributed by atoms with Gasteiger partial charge in [0.25, 0.3) is 6.43 Å². The molecule has 1 aromatic rings.